The van der Waals surface area contributed by atoms with Gasteiger partial charge in [-0.15, -0.1) is 0 Å². The highest BCUT2D eigenvalue weighted by molar-refractivity contribution is 6.42. The maximum atomic E-state index is 6.54. The zero-order valence-corrected chi connectivity index (χ0v) is 30.4. The van der Waals surface area contributed by atoms with Crippen LogP contribution in [0.2, 0.25) is 0 Å². The molecule has 0 amide bonds. The first-order valence-corrected chi connectivity index (χ1v) is 19.0. The first kappa shape index (κ1) is 30.7. The van der Waals surface area contributed by atoms with Gasteiger partial charge in [0.05, 0.1) is 11.8 Å². The Bertz CT molecular complexity index is 2630. The van der Waals surface area contributed by atoms with Gasteiger partial charge in [-0.3, -0.25) is 0 Å². The van der Waals surface area contributed by atoms with Crippen molar-refractivity contribution >= 4 is 70.9 Å². The quantitative estimate of drug-likeness (QED) is 0.134. The van der Waals surface area contributed by atoms with Gasteiger partial charge in [-0.25, -0.2) is 0 Å². The fourth-order valence-corrected chi connectivity index (χ4v) is 9.64. The molecule has 252 valence electrons. The molecule has 0 saturated heterocycles. The van der Waals surface area contributed by atoms with Crippen LogP contribution in [-0.4, -0.2) is 6.10 Å². The van der Waals surface area contributed by atoms with Crippen molar-refractivity contribution in [2.75, 3.05) is 4.90 Å². The molecule has 8 aromatic carbocycles. The molecular weight excluding hydrogens is 619 g/mol. The largest absolute Gasteiger partial charge is 0.490 e. The summed E-state index contributed by atoms with van der Waals surface area (Å²) < 4.78 is 6.54. The summed E-state index contributed by atoms with van der Waals surface area (Å²) in [5, 5.41) is 13.6. The van der Waals surface area contributed by atoms with Gasteiger partial charge in [-0.2, -0.15) is 0 Å². The van der Waals surface area contributed by atoms with Gasteiger partial charge in [0.2, 0.25) is 0 Å². The number of nitrogens with zero attached hydrogens (tertiary/aromatic N) is 1. The summed E-state index contributed by atoms with van der Waals surface area (Å²) >= 11 is 0. The summed E-state index contributed by atoms with van der Waals surface area (Å²) in [4.78, 5) is 2.52. The van der Waals surface area contributed by atoms with Crippen LogP contribution in [0.1, 0.15) is 83.4 Å². The Hall–Kier alpha value is -5.08. The summed E-state index contributed by atoms with van der Waals surface area (Å²) in [6.45, 7) is 11.7. The molecule has 0 heterocycles. The monoisotopic (exact) mass is 663 g/mol. The van der Waals surface area contributed by atoms with Gasteiger partial charge in [0.1, 0.15) is 5.75 Å². The molecule has 2 aliphatic rings. The summed E-state index contributed by atoms with van der Waals surface area (Å²) in [5.74, 6) is 0.964. The molecule has 1 saturated carbocycles. The Morgan fingerprint density at radius 2 is 1.14 bits per heavy atom. The predicted octanol–water partition coefficient (Wildman–Crippen LogP) is 14.0. The van der Waals surface area contributed by atoms with Gasteiger partial charge in [-0.05, 0) is 122 Å². The molecule has 0 aliphatic heterocycles. The van der Waals surface area contributed by atoms with Crippen LogP contribution in [0.15, 0.2) is 115 Å². The average molecular weight is 664 g/mol. The first-order chi connectivity index (χ1) is 24.7. The maximum Gasteiger partial charge on any atom is 0.119 e. The van der Waals surface area contributed by atoms with Crippen molar-refractivity contribution < 1.29 is 4.74 Å². The highest BCUT2D eigenvalue weighted by Crippen LogP contribution is 2.57. The summed E-state index contributed by atoms with van der Waals surface area (Å²) in [6, 6.07) is 43.8. The molecule has 10 rings (SSSR count). The van der Waals surface area contributed by atoms with Crippen LogP contribution < -0.4 is 9.64 Å². The Kier molecular flexibility index (Phi) is 6.60. The second kappa shape index (κ2) is 11.0. The molecule has 0 unspecified atom stereocenters. The summed E-state index contributed by atoms with van der Waals surface area (Å²) in [6.07, 6.45) is 6.47. The van der Waals surface area contributed by atoms with E-state index in [1.165, 1.54) is 95.5 Å². The molecule has 2 aliphatic carbocycles. The van der Waals surface area contributed by atoms with Crippen LogP contribution in [0.4, 0.5) is 17.1 Å². The number of anilines is 3. The van der Waals surface area contributed by atoms with E-state index in [0.29, 0.717) is 6.10 Å². The van der Waals surface area contributed by atoms with Crippen molar-refractivity contribution in [3.05, 3.63) is 132 Å². The molecule has 0 aromatic heterocycles. The van der Waals surface area contributed by atoms with Crippen molar-refractivity contribution in [2.24, 2.45) is 0 Å². The standard InChI is InChI=1S/C49H45NO/c1-48(2,3)31-21-23-32(24-22-31)50(33-25-27-35(28-26-33)51-34-13-7-6-8-14-34)47-38-17-10-16-37-36-15-9-12-30-20-29-41-45(42(30)36)46(43(37)38)44-39(47)18-11-19-40(44)49(41,4)5/h9-12,15-29,34H,6-8,13-14H2,1-5H3. The van der Waals surface area contributed by atoms with Crippen LogP contribution in [-0.2, 0) is 10.8 Å². The Labute approximate surface area is 301 Å². The molecule has 0 spiro atoms. The van der Waals surface area contributed by atoms with Gasteiger partial charge in [0.15, 0.2) is 0 Å². The van der Waals surface area contributed by atoms with Crippen LogP contribution in [0.5, 0.6) is 5.75 Å². The molecule has 51 heavy (non-hydrogen) atoms. The lowest BCUT2D eigenvalue weighted by atomic mass is 9.68. The van der Waals surface area contributed by atoms with Crippen LogP contribution in [0.25, 0.3) is 53.9 Å². The van der Waals surface area contributed by atoms with E-state index in [4.69, 9.17) is 4.74 Å². The van der Waals surface area contributed by atoms with Crippen molar-refractivity contribution in [3.8, 4) is 5.75 Å². The van der Waals surface area contributed by atoms with E-state index in [2.05, 4.69) is 155 Å². The molecule has 2 nitrogen and oxygen atoms in total. The van der Waals surface area contributed by atoms with Crippen molar-refractivity contribution in [2.45, 2.75) is 83.7 Å². The Morgan fingerprint density at radius 3 is 1.84 bits per heavy atom. The second-order valence-electron chi connectivity index (χ2n) is 16.7. The van der Waals surface area contributed by atoms with E-state index in [0.717, 1.165) is 30.0 Å². The van der Waals surface area contributed by atoms with Gasteiger partial charge < -0.3 is 9.64 Å². The van der Waals surface area contributed by atoms with Gasteiger partial charge in [0, 0.05) is 32.9 Å². The minimum atomic E-state index is -0.155. The number of hydrogen-bond donors (Lipinski definition) is 0. The summed E-state index contributed by atoms with van der Waals surface area (Å²) in [7, 11) is 0. The highest BCUT2D eigenvalue weighted by Gasteiger charge is 2.36. The molecular formula is C49H45NO. The van der Waals surface area contributed by atoms with Crippen LogP contribution >= 0.6 is 0 Å². The van der Waals surface area contributed by atoms with Crippen molar-refractivity contribution in [1.29, 1.82) is 0 Å². The smallest absolute Gasteiger partial charge is 0.119 e. The number of hydrogen-bond acceptors (Lipinski definition) is 2. The molecule has 0 atom stereocenters. The number of fused-ring (bicyclic) bond motifs is 1. The third-order valence-corrected chi connectivity index (χ3v) is 12.2. The number of benzene rings is 8. The maximum absolute atomic E-state index is 6.54. The molecule has 8 aromatic rings. The molecule has 1 fully saturated rings. The van der Waals surface area contributed by atoms with E-state index in [-0.39, 0.29) is 10.8 Å². The van der Waals surface area contributed by atoms with Gasteiger partial charge >= 0.3 is 0 Å². The zero-order chi connectivity index (χ0) is 34.6. The minimum absolute atomic E-state index is 0.0675. The SMILES string of the molecule is CC(C)(C)c1ccc(N(c2ccc(OC3CCCCC3)cc2)c2c3cccc4c3c3c5c(ccc6cccc(c7cccc2c73)c65)C4(C)C)cc1. The second-order valence-corrected chi connectivity index (χ2v) is 16.7. The fourth-order valence-electron chi connectivity index (χ4n) is 9.64. The van der Waals surface area contributed by atoms with Gasteiger partial charge in [-0.1, -0.05) is 120 Å². The topological polar surface area (TPSA) is 12.5 Å². The zero-order valence-electron chi connectivity index (χ0n) is 30.4. The number of rotatable bonds is 5. The van der Waals surface area contributed by atoms with E-state index in [1.54, 1.807) is 0 Å². The minimum Gasteiger partial charge on any atom is -0.490 e. The van der Waals surface area contributed by atoms with Crippen molar-refractivity contribution in [1.82, 2.24) is 0 Å². The fraction of sp³-hybridized carbons (Fsp3) is 0.265. The van der Waals surface area contributed by atoms with E-state index >= 15 is 0 Å². The van der Waals surface area contributed by atoms with E-state index in [9.17, 15) is 0 Å². The van der Waals surface area contributed by atoms with Crippen LogP contribution in [0, 0.1) is 0 Å². The third-order valence-electron chi connectivity index (χ3n) is 12.2. The van der Waals surface area contributed by atoms with Crippen molar-refractivity contribution in [3.63, 3.8) is 0 Å². The van der Waals surface area contributed by atoms with Crippen LogP contribution in [0.3, 0.4) is 0 Å². The summed E-state index contributed by atoms with van der Waals surface area (Å²) in [5.41, 5.74) is 7.61. The van der Waals surface area contributed by atoms with E-state index in [1.807, 2.05) is 0 Å². The lowest BCUT2D eigenvalue weighted by Gasteiger charge is -2.37. The molecule has 0 N–H and O–H groups in total. The molecule has 2 heteroatoms. The normalized spacial score (nSPS) is 16.0. The molecule has 0 bridgehead atoms. The Morgan fingerprint density at radius 1 is 0.549 bits per heavy atom. The Balaban J connectivity index is 1.31. The highest BCUT2D eigenvalue weighted by atomic mass is 16.5. The lowest BCUT2D eigenvalue weighted by molar-refractivity contribution is 0.155. The predicted molar refractivity (Wildman–Crippen MR) is 218 cm³/mol. The van der Waals surface area contributed by atoms with E-state index < -0.39 is 0 Å². The average Bonchev–Trinajstić information content (AvgIpc) is 3.14. The molecule has 0 radical (unpaired) electrons. The lowest BCUT2D eigenvalue weighted by Crippen LogP contribution is -2.23. The third kappa shape index (κ3) is 4.48. The number of ether oxygens (including phenoxy) is 1. The first-order valence-electron chi connectivity index (χ1n) is 19.0. The van der Waals surface area contributed by atoms with Gasteiger partial charge in [0.25, 0.3) is 0 Å².